The second-order valence-corrected chi connectivity index (χ2v) is 6.01. The third-order valence-electron chi connectivity index (χ3n) is 3.99. The van der Waals surface area contributed by atoms with Gasteiger partial charge in [0.25, 0.3) is 0 Å². The second kappa shape index (κ2) is 10.1. The molecule has 2 aromatic rings. The largest absolute Gasteiger partial charge is 0.455 e. The van der Waals surface area contributed by atoms with Crippen molar-refractivity contribution in [3.05, 3.63) is 53.3 Å². The van der Waals surface area contributed by atoms with Crippen molar-refractivity contribution in [1.82, 2.24) is 9.88 Å². The number of hydrogen-bond donors (Lipinski definition) is 0. The average Bonchev–Trinajstić information content (AvgIpc) is 2.61. The molecule has 0 amide bonds. The summed E-state index contributed by atoms with van der Waals surface area (Å²) in [6.07, 6.45) is 0. The van der Waals surface area contributed by atoms with Gasteiger partial charge in [-0.3, -0.25) is 9.88 Å². The quantitative estimate of drug-likeness (QED) is 0.659. The van der Waals surface area contributed by atoms with Gasteiger partial charge in [-0.05, 0) is 32.0 Å². The molecule has 1 aromatic carbocycles. The monoisotopic (exact) mass is 344 g/mol. The van der Waals surface area contributed by atoms with Crippen molar-refractivity contribution in [3.63, 3.8) is 0 Å². The molecule has 25 heavy (non-hydrogen) atoms. The maximum absolute atomic E-state index is 6.15. The minimum absolute atomic E-state index is 0.688. The lowest BCUT2D eigenvalue weighted by Crippen LogP contribution is -2.30. The van der Waals surface area contributed by atoms with Crippen LogP contribution in [0.1, 0.15) is 17.0 Å². The van der Waals surface area contributed by atoms with Gasteiger partial charge in [0.1, 0.15) is 11.5 Å². The maximum atomic E-state index is 6.15. The molecule has 0 radical (unpaired) electrons. The number of nitrogens with zero attached hydrogens (tertiary/aromatic N) is 2. The van der Waals surface area contributed by atoms with Crippen LogP contribution >= 0.6 is 0 Å². The molecule has 0 unspecified atom stereocenters. The first kappa shape index (κ1) is 19.4. The molecular formula is C20H28N2O3. The molecule has 1 aromatic heterocycles. The van der Waals surface area contributed by atoms with Gasteiger partial charge in [0, 0.05) is 45.1 Å². The molecular weight excluding hydrogens is 316 g/mol. The van der Waals surface area contributed by atoms with Crippen molar-refractivity contribution >= 4 is 0 Å². The number of rotatable bonds is 10. The highest BCUT2D eigenvalue weighted by Crippen LogP contribution is 2.28. The summed E-state index contributed by atoms with van der Waals surface area (Å²) < 4.78 is 16.6. The summed E-state index contributed by atoms with van der Waals surface area (Å²) in [5, 5.41) is 0. The molecule has 1 heterocycles. The third kappa shape index (κ3) is 6.12. The Morgan fingerprint density at radius 3 is 2.20 bits per heavy atom. The van der Waals surface area contributed by atoms with Gasteiger partial charge in [-0.1, -0.05) is 18.2 Å². The van der Waals surface area contributed by atoms with Crippen LogP contribution in [0.4, 0.5) is 0 Å². The number of aromatic nitrogens is 1. The lowest BCUT2D eigenvalue weighted by atomic mass is 10.2. The minimum atomic E-state index is 0.688. The molecule has 5 nitrogen and oxygen atoms in total. The van der Waals surface area contributed by atoms with E-state index in [4.69, 9.17) is 14.2 Å². The van der Waals surface area contributed by atoms with Crippen molar-refractivity contribution < 1.29 is 14.2 Å². The van der Waals surface area contributed by atoms with Gasteiger partial charge in [0.05, 0.1) is 18.9 Å². The highest BCUT2D eigenvalue weighted by molar-refractivity contribution is 5.39. The maximum Gasteiger partial charge on any atom is 0.148 e. The number of aryl methyl sites for hydroxylation is 2. The Kier molecular flexibility index (Phi) is 7.85. The highest BCUT2D eigenvalue weighted by atomic mass is 16.5. The summed E-state index contributed by atoms with van der Waals surface area (Å²) in [5.74, 6) is 1.65. The fraction of sp³-hybridized carbons (Fsp3) is 0.450. The van der Waals surface area contributed by atoms with Crippen molar-refractivity contribution in [1.29, 1.82) is 0 Å². The molecule has 136 valence electrons. The van der Waals surface area contributed by atoms with E-state index in [1.54, 1.807) is 14.2 Å². The molecule has 0 aliphatic heterocycles. The van der Waals surface area contributed by atoms with Crippen LogP contribution in [-0.4, -0.2) is 50.4 Å². The molecule has 0 atom stereocenters. The predicted molar refractivity (Wildman–Crippen MR) is 99.3 cm³/mol. The first-order valence-corrected chi connectivity index (χ1v) is 8.54. The van der Waals surface area contributed by atoms with E-state index in [0.29, 0.717) is 13.2 Å². The molecule has 0 fully saturated rings. The fourth-order valence-corrected chi connectivity index (χ4v) is 2.59. The lowest BCUT2D eigenvalue weighted by molar-refractivity contribution is 0.110. The number of pyridine rings is 1. The van der Waals surface area contributed by atoms with Crippen LogP contribution in [0.2, 0.25) is 0 Å². The van der Waals surface area contributed by atoms with Gasteiger partial charge in [0.15, 0.2) is 0 Å². The first-order chi connectivity index (χ1) is 12.1. The van der Waals surface area contributed by atoms with Gasteiger partial charge in [0.2, 0.25) is 0 Å². The summed E-state index contributed by atoms with van der Waals surface area (Å²) in [6, 6.07) is 12.1. The SMILES string of the molecule is COCCN(CCOC)Cc1ccccc1Oc1ccc(C)nc1C. The van der Waals surface area contributed by atoms with Gasteiger partial charge in [-0.2, -0.15) is 0 Å². The number of hydrogen-bond acceptors (Lipinski definition) is 5. The Morgan fingerprint density at radius 2 is 1.56 bits per heavy atom. The van der Waals surface area contributed by atoms with Crippen LogP contribution in [0.3, 0.4) is 0 Å². The summed E-state index contributed by atoms with van der Waals surface area (Å²) >= 11 is 0. The zero-order chi connectivity index (χ0) is 18.1. The zero-order valence-corrected chi connectivity index (χ0v) is 15.6. The number of ether oxygens (including phenoxy) is 3. The molecule has 5 heteroatoms. The van der Waals surface area contributed by atoms with Gasteiger partial charge < -0.3 is 14.2 Å². The van der Waals surface area contributed by atoms with Gasteiger partial charge in [-0.15, -0.1) is 0 Å². The van der Waals surface area contributed by atoms with Crippen LogP contribution in [-0.2, 0) is 16.0 Å². The third-order valence-corrected chi connectivity index (χ3v) is 3.99. The standard InChI is InChI=1S/C20H28N2O3/c1-16-9-10-19(17(2)21-16)25-20-8-6-5-7-18(20)15-22(11-13-23-3)12-14-24-4/h5-10H,11-15H2,1-4H3. The van der Waals surface area contributed by atoms with Crippen LogP contribution in [0.5, 0.6) is 11.5 Å². The molecule has 0 aliphatic rings. The van der Waals surface area contributed by atoms with E-state index in [-0.39, 0.29) is 0 Å². The van der Waals surface area contributed by atoms with E-state index in [9.17, 15) is 0 Å². The van der Waals surface area contributed by atoms with Crippen LogP contribution in [0.25, 0.3) is 0 Å². The van der Waals surface area contributed by atoms with Crippen LogP contribution < -0.4 is 4.74 Å². The molecule has 0 saturated heterocycles. The second-order valence-electron chi connectivity index (χ2n) is 6.01. The topological polar surface area (TPSA) is 43.8 Å². The Labute approximate surface area is 150 Å². The Balaban J connectivity index is 2.15. The summed E-state index contributed by atoms with van der Waals surface area (Å²) in [6.45, 7) is 7.80. The normalized spacial score (nSPS) is 11.1. The van der Waals surface area contributed by atoms with E-state index in [0.717, 1.165) is 48.1 Å². The Morgan fingerprint density at radius 1 is 0.880 bits per heavy atom. The van der Waals surface area contributed by atoms with Crippen molar-refractivity contribution in [3.8, 4) is 11.5 Å². The molecule has 0 aliphatic carbocycles. The zero-order valence-electron chi connectivity index (χ0n) is 15.6. The van der Waals surface area contributed by atoms with E-state index in [1.807, 2.05) is 44.2 Å². The molecule has 2 rings (SSSR count). The average molecular weight is 344 g/mol. The van der Waals surface area contributed by atoms with E-state index >= 15 is 0 Å². The summed E-state index contributed by atoms with van der Waals surface area (Å²) in [4.78, 5) is 6.77. The Bertz CT molecular complexity index is 653. The number of para-hydroxylation sites is 1. The van der Waals surface area contributed by atoms with E-state index in [1.165, 1.54) is 0 Å². The van der Waals surface area contributed by atoms with Crippen LogP contribution in [0.15, 0.2) is 36.4 Å². The Hall–Kier alpha value is -1.95. The number of methoxy groups -OCH3 is 2. The van der Waals surface area contributed by atoms with Gasteiger partial charge >= 0.3 is 0 Å². The predicted octanol–water partition coefficient (Wildman–Crippen LogP) is 3.59. The lowest BCUT2D eigenvalue weighted by Gasteiger charge is -2.23. The molecule has 0 N–H and O–H groups in total. The molecule has 0 saturated carbocycles. The van der Waals surface area contributed by atoms with Gasteiger partial charge in [-0.25, -0.2) is 0 Å². The van der Waals surface area contributed by atoms with Crippen molar-refractivity contribution in [2.45, 2.75) is 20.4 Å². The summed E-state index contributed by atoms with van der Waals surface area (Å²) in [5.41, 5.74) is 3.02. The van der Waals surface area contributed by atoms with Crippen molar-refractivity contribution in [2.75, 3.05) is 40.5 Å². The smallest absolute Gasteiger partial charge is 0.148 e. The van der Waals surface area contributed by atoms with Crippen molar-refractivity contribution in [2.24, 2.45) is 0 Å². The van der Waals surface area contributed by atoms with Crippen LogP contribution in [0, 0.1) is 13.8 Å². The molecule has 0 spiro atoms. The van der Waals surface area contributed by atoms with E-state index < -0.39 is 0 Å². The molecule has 0 bridgehead atoms. The first-order valence-electron chi connectivity index (χ1n) is 8.54. The van der Waals surface area contributed by atoms with E-state index in [2.05, 4.69) is 16.0 Å². The fourth-order valence-electron chi connectivity index (χ4n) is 2.59. The minimum Gasteiger partial charge on any atom is -0.455 e. The highest BCUT2D eigenvalue weighted by Gasteiger charge is 2.12. The summed E-state index contributed by atoms with van der Waals surface area (Å²) in [7, 11) is 3.44. The number of benzene rings is 1.